The van der Waals surface area contributed by atoms with Crippen molar-refractivity contribution in [2.24, 2.45) is 5.92 Å². The van der Waals surface area contributed by atoms with Crippen LogP contribution < -0.4 is 9.46 Å². The van der Waals surface area contributed by atoms with E-state index in [1.807, 2.05) is 18.2 Å². The van der Waals surface area contributed by atoms with Gasteiger partial charge in [-0.1, -0.05) is 18.2 Å². The Labute approximate surface area is 139 Å². The fraction of sp³-hybridized carbons (Fsp3) is 0.235. The summed E-state index contributed by atoms with van der Waals surface area (Å²) >= 11 is 0. The van der Waals surface area contributed by atoms with Gasteiger partial charge >= 0.3 is 0 Å². The van der Waals surface area contributed by atoms with Gasteiger partial charge in [0.05, 0.1) is 12.0 Å². The number of benzene rings is 2. The predicted molar refractivity (Wildman–Crippen MR) is 85.6 cm³/mol. The van der Waals surface area contributed by atoms with Gasteiger partial charge in [-0.3, -0.25) is 4.79 Å². The van der Waals surface area contributed by atoms with E-state index in [1.54, 1.807) is 13.2 Å². The van der Waals surface area contributed by atoms with Crippen molar-refractivity contribution in [1.29, 1.82) is 0 Å². The highest BCUT2D eigenvalue weighted by Crippen LogP contribution is 2.50. The van der Waals surface area contributed by atoms with Crippen LogP contribution in [0.5, 0.6) is 5.75 Å². The third-order valence-electron chi connectivity index (χ3n) is 4.02. The van der Waals surface area contributed by atoms with E-state index in [9.17, 15) is 17.6 Å². The van der Waals surface area contributed by atoms with Crippen LogP contribution in [0.4, 0.5) is 4.39 Å². The molecule has 1 N–H and O–H groups in total. The number of nitrogens with one attached hydrogen (secondary N) is 1. The summed E-state index contributed by atoms with van der Waals surface area (Å²) in [5, 5.41) is 0. The summed E-state index contributed by atoms with van der Waals surface area (Å²) in [6.07, 6.45) is 0.561. The lowest BCUT2D eigenvalue weighted by atomic mass is 10.1. The van der Waals surface area contributed by atoms with Gasteiger partial charge in [-0.25, -0.2) is 17.5 Å². The van der Waals surface area contributed by atoms with Crippen LogP contribution in [0.25, 0.3) is 0 Å². The summed E-state index contributed by atoms with van der Waals surface area (Å²) in [6.45, 7) is 0. The van der Waals surface area contributed by atoms with E-state index in [-0.39, 0.29) is 10.8 Å². The molecule has 3 rings (SSSR count). The van der Waals surface area contributed by atoms with Crippen molar-refractivity contribution in [2.45, 2.75) is 17.2 Å². The summed E-state index contributed by atoms with van der Waals surface area (Å²) in [4.78, 5) is 12.1. The third-order valence-corrected chi connectivity index (χ3v) is 5.39. The number of hydrogen-bond acceptors (Lipinski definition) is 4. The first-order chi connectivity index (χ1) is 11.4. The van der Waals surface area contributed by atoms with E-state index < -0.39 is 27.7 Å². The number of halogens is 1. The van der Waals surface area contributed by atoms with Crippen LogP contribution in [0.15, 0.2) is 53.4 Å². The van der Waals surface area contributed by atoms with E-state index in [4.69, 9.17) is 4.74 Å². The molecule has 24 heavy (non-hydrogen) atoms. The number of hydrogen-bond donors (Lipinski definition) is 1. The second-order valence-corrected chi connectivity index (χ2v) is 7.30. The smallest absolute Gasteiger partial charge is 0.264 e. The summed E-state index contributed by atoms with van der Waals surface area (Å²) < 4.78 is 44.6. The van der Waals surface area contributed by atoms with Crippen LogP contribution >= 0.6 is 0 Å². The number of ether oxygens (including phenoxy) is 1. The number of methoxy groups -OCH3 is 1. The first kappa shape index (κ1) is 16.4. The van der Waals surface area contributed by atoms with Crippen LogP contribution in [0.2, 0.25) is 0 Å². The molecule has 2 aromatic carbocycles. The maximum Gasteiger partial charge on any atom is 0.264 e. The van der Waals surface area contributed by atoms with Gasteiger partial charge < -0.3 is 4.74 Å². The van der Waals surface area contributed by atoms with Gasteiger partial charge in [0.25, 0.3) is 10.0 Å². The molecule has 0 spiro atoms. The lowest BCUT2D eigenvalue weighted by molar-refractivity contribution is -0.120. The topological polar surface area (TPSA) is 72.5 Å². The molecule has 1 fully saturated rings. The first-order valence-electron chi connectivity index (χ1n) is 7.37. The van der Waals surface area contributed by atoms with Crippen molar-refractivity contribution >= 4 is 15.9 Å². The van der Waals surface area contributed by atoms with Gasteiger partial charge in [0, 0.05) is 5.92 Å². The molecule has 1 aliphatic carbocycles. The predicted octanol–water partition coefficient (Wildman–Crippen LogP) is 2.44. The average Bonchev–Trinajstić information content (AvgIpc) is 3.35. The second kappa shape index (κ2) is 6.24. The Morgan fingerprint density at radius 3 is 2.50 bits per heavy atom. The summed E-state index contributed by atoms with van der Waals surface area (Å²) in [6, 6.07) is 11.7. The minimum atomic E-state index is -4.00. The zero-order valence-electron chi connectivity index (χ0n) is 12.9. The molecule has 1 amide bonds. The quantitative estimate of drug-likeness (QED) is 0.900. The van der Waals surface area contributed by atoms with Crippen molar-refractivity contribution in [3.63, 3.8) is 0 Å². The van der Waals surface area contributed by atoms with E-state index in [0.29, 0.717) is 12.2 Å². The molecule has 0 unspecified atom stereocenters. The van der Waals surface area contributed by atoms with Crippen LogP contribution in [0.1, 0.15) is 17.9 Å². The zero-order valence-corrected chi connectivity index (χ0v) is 13.7. The Hall–Kier alpha value is -2.41. The first-order valence-corrected chi connectivity index (χ1v) is 8.86. The standard InChI is InChI=1S/C17H16FNO4S/c1-23-16-5-3-2-4-13(16)14-10-15(14)17(20)19-24(21,22)12-8-6-11(18)7-9-12/h2-9,14-15H,10H2,1H3,(H,19,20)/t14-,15+/m0/s1. The van der Waals surface area contributed by atoms with E-state index in [2.05, 4.69) is 4.72 Å². The van der Waals surface area contributed by atoms with Gasteiger partial charge in [-0.05, 0) is 48.2 Å². The average molecular weight is 349 g/mol. The zero-order chi connectivity index (χ0) is 17.3. The van der Waals surface area contributed by atoms with Gasteiger partial charge in [0.1, 0.15) is 11.6 Å². The minimum absolute atomic E-state index is 0.0652. The largest absolute Gasteiger partial charge is 0.496 e. The Balaban J connectivity index is 1.71. The number of carbonyl (C=O) groups is 1. The van der Waals surface area contributed by atoms with Crippen molar-refractivity contribution in [3.8, 4) is 5.75 Å². The number of para-hydroxylation sites is 1. The second-order valence-electron chi connectivity index (χ2n) is 5.61. The fourth-order valence-corrected chi connectivity index (χ4v) is 3.71. The molecule has 7 heteroatoms. The molecular formula is C17H16FNO4S. The number of carbonyl (C=O) groups excluding carboxylic acids is 1. The monoisotopic (exact) mass is 349 g/mol. The Bertz CT molecular complexity index is 864. The molecular weight excluding hydrogens is 333 g/mol. The number of rotatable bonds is 5. The van der Waals surface area contributed by atoms with Crippen molar-refractivity contribution in [3.05, 3.63) is 59.9 Å². The Morgan fingerprint density at radius 2 is 1.83 bits per heavy atom. The molecule has 0 radical (unpaired) electrons. The molecule has 0 bridgehead atoms. The number of amides is 1. The van der Waals surface area contributed by atoms with Crippen LogP contribution in [0.3, 0.4) is 0 Å². The summed E-state index contributed by atoms with van der Waals surface area (Å²) in [5.74, 6) is -0.908. The SMILES string of the molecule is COc1ccccc1[C@@H]1C[C@H]1C(=O)NS(=O)(=O)c1ccc(F)cc1. The van der Waals surface area contributed by atoms with Crippen LogP contribution in [0, 0.1) is 11.7 Å². The van der Waals surface area contributed by atoms with Crippen molar-refractivity contribution in [1.82, 2.24) is 4.72 Å². The van der Waals surface area contributed by atoms with Crippen molar-refractivity contribution in [2.75, 3.05) is 7.11 Å². The highest BCUT2D eigenvalue weighted by molar-refractivity contribution is 7.90. The molecule has 0 heterocycles. The summed E-state index contributed by atoms with van der Waals surface area (Å²) in [5.41, 5.74) is 0.888. The molecule has 0 aromatic heterocycles. The highest BCUT2D eigenvalue weighted by atomic mass is 32.2. The molecule has 126 valence electrons. The molecule has 2 atom stereocenters. The van der Waals surface area contributed by atoms with E-state index >= 15 is 0 Å². The number of sulfonamides is 1. The van der Waals surface area contributed by atoms with E-state index in [0.717, 1.165) is 29.8 Å². The van der Waals surface area contributed by atoms with Crippen molar-refractivity contribution < 1.29 is 22.3 Å². The molecule has 2 aromatic rings. The third kappa shape index (κ3) is 3.26. The lowest BCUT2D eigenvalue weighted by Gasteiger charge is -2.09. The highest BCUT2D eigenvalue weighted by Gasteiger charge is 2.46. The maximum atomic E-state index is 12.9. The molecule has 0 aliphatic heterocycles. The normalized spacial score (nSPS) is 19.6. The maximum absolute atomic E-state index is 12.9. The van der Waals surface area contributed by atoms with Gasteiger partial charge in [0.15, 0.2) is 0 Å². The molecule has 1 saturated carbocycles. The summed E-state index contributed by atoms with van der Waals surface area (Å²) in [7, 11) is -2.45. The van der Waals surface area contributed by atoms with E-state index in [1.165, 1.54) is 0 Å². The van der Waals surface area contributed by atoms with Gasteiger partial charge in [-0.2, -0.15) is 0 Å². The minimum Gasteiger partial charge on any atom is -0.496 e. The lowest BCUT2D eigenvalue weighted by Crippen LogP contribution is -2.32. The molecule has 5 nitrogen and oxygen atoms in total. The van der Waals surface area contributed by atoms with Crippen LogP contribution in [-0.2, 0) is 14.8 Å². The van der Waals surface area contributed by atoms with Gasteiger partial charge in [0.2, 0.25) is 5.91 Å². The molecule has 1 aliphatic rings. The van der Waals surface area contributed by atoms with Crippen LogP contribution in [-0.4, -0.2) is 21.4 Å². The Morgan fingerprint density at radius 1 is 1.17 bits per heavy atom. The Kier molecular flexibility index (Phi) is 4.28. The van der Waals surface area contributed by atoms with Gasteiger partial charge in [-0.15, -0.1) is 0 Å². The fourth-order valence-electron chi connectivity index (χ4n) is 2.68. The molecule has 0 saturated heterocycles.